The van der Waals surface area contributed by atoms with Crippen molar-refractivity contribution in [2.75, 3.05) is 26.2 Å². The average molecular weight is 578 g/mol. The molecule has 7 rings (SSSR count). The van der Waals surface area contributed by atoms with Gasteiger partial charge in [0.1, 0.15) is 38.3 Å². The third-order valence-electron chi connectivity index (χ3n) is 8.44. The van der Waals surface area contributed by atoms with E-state index in [0.29, 0.717) is 12.1 Å². The first-order valence-corrected chi connectivity index (χ1v) is 15.8. The zero-order chi connectivity index (χ0) is 25.6. The van der Waals surface area contributed by atoms with Crippen molar-refractivity contribution >= 4 is 46.7 Å². The van der Waals surface area contributed by atoms with E-state index in [4.69, 9.17) is 23.2 Å². The van der Waals surface area contributed by atoms with Gasteiger partial charge in [-0.3, -0.25) is 0 Å². The lowest BCUT2D eigenvalue weighted by molar-refractivity contribution is -1.04. The van der Waals surface area contributed by atoms with Crippen LogP contribution in [0.3, 0.4) is 0 Å². The first kappa shape index (κ1) is 25.1. The Kier molecular flexibility index (Phi) is 6.98. The van der Waals surface area contributed by atoms with Gasteiger partial charge in [0.2, 0.25) is 0 Å². The minimum absolute atomic E-state index is 0.455. The molecule has 6 heteroatoms. The SMILES string of the molecule is Clc1ccc2c(c1)C[C@H]([NH+]1CC[NH+]([C@H]3Cc4cc(Cl)ccc4Sc4ccccc43)CC1)c1ccccc1S2. The number of nitrogens with one attached hydrogen (secondary N) is 2. The van der Waals surface area contributed by atoms with Crippen molar-refractivity contribution in [3.05, 3.63) is 117 Å². The Morgan fingerprint density at radius 2 is 0.947 bits per heavy atom. The Hall–Kier alpha value is -1.92. The van der Waals surface area contributed by atoms with Gasteiger partial charge in [-0.1, -0.05) is 83.1 Å². The summed E-state index contributed by atoms with van der Waals surface area (Å²) in [5.41, 5.74) is 5.74. The molecule has 0 aromatic heterocycles. The molecule has 4 aromatic rings. The first-order chi connectivity index (χ1) is 18.6. The molecule has 0 aliphatic carbocycles. The quantitative estimate of drug-likeness (QED) is 0.304. The molecular formula is C32H30Cl2N2S2+2. The molecule has 0 bridgehead atoms. The molecular weight excluding hydrogens is 547 g/mol. The molecule has 1 fully saturated rings. The fraction of sp³-hybridized carbons (Fsp3) is 0.250. The van der Waals surface area contributed by atoms with E-state index >= 15 is 0 Å². The molecule has 2 atom stereocenters. The molecule has 4 aromatic carbocycles. The zero-order valence-corrected chi connectivity index (χ0v) is 24.2. The fourth-order valence-corrected chi connectivity index (χ4v) is 9.18. The molecule has 2 N–H and O–H groups in total. The number of hydrogen-bond acceptors (Lipinski definition) is 2. The zero-order valence-electron chi connectivity index (χ0n) is 21.1. The molecule has 0 spiro atoms. The average Bonchev–Trinajstić information content (AvgIpc) is 3.21. The van der Waals surface area contributed by atoms with Crippen LogP contribution in [0.2, 0.25) is 10.0 Å². The fourth-order valence-electron chi connectivity index (χ4n) is 6.55. The summed E-state index contributed by atoms with van der Waals surface area (Å²) >= 11 is 16.7. The van der Waals surface area contributed by atoms with Crippen molar-refractivity contribution < 1.29 is 9.80 Å². The Morgan fingerprint density at radius 1 is 0.526 bits per heavy atom. The lowest BCUT2D eigenvalue weighted by atomic mass is 9.95. The summed E-state index contributed by atoms with van der Waals surface area (Å²) in [5.74, 6) is 0. The molecule has 38 heavy (non-hydrogen) atoms. The molecule has 0 radical (unpaired) electrons. The van der Waals surface area contributed by atoms with Crippen LogP contribution < -0.4 is 9.80 Å². The maximum Gasteiger partial charge on any atom is 0.128 e. The summed E-state index contributed by atoms with van der Waals surface area (Å²) in [6.07, 6.45) is 2.08. The topological polar surface area (TPSA) is 8.88 Å². The molecule has 3 aliphatic heterocycles. The van der Waals surface area contributed by atoms with Gasteiger partial charge in [-0.25, -0.2) is 0 Å². The third kappa shape index (κ3) is 4.81. The van der Waals surface area contributed by atoms with Gasteiger partial charge in [-0.2, -0.15) is 0 Å². The van der Waals surface area contributed by atoms with E-state index < -0.39 is 0 Å². The standard InChI is InChI=1S/C32H28Cl2N2S2/c33-23-9-11-29-21(17-23)19-27(25-5-1-3-7-31(25)37-29)35-13-15-36(16-14-35)28-20-22-18-24(34)10-12-30(22)38-32-8-4-2-6-26(28)32/h1-12,17-18,27-28H,13-16,19-20H2/p+2/t27-,28-/m0/s1. The molecule has 1 saturated heterocycles. The number of halogens is 2. The third-order valence-corrected chi connectivity index (χ3v) is 11.3. The first-order valence-electron chi connectivity index (χ1n) is 13.4. The van der Waals surface area contributed by atoms with Crippen LogP contribution in [0.1, 0.15) is 34.3 Å². The Balaban J connectivity index is 1.16. The Bertz CT molecular complexity index is 1390. The minimum Gasteiger partial charge on any atom is -0.319 e. The highest BCUT2D eigenvalue weighted by molar-refractivity contribution is 7.99. The smallest absolute Gasteiger partial charge is 0.128 e. The van der Waals surface area contributed by atoms with Gasteiger partial charge in [0.05, 0.1) is 0 Å². The van der Waals surface area contributed by atoms with Crippen molar-refractivity contribution in [1.29, 1.82) is 0 Å². The van der Waals surface area contributed by atoms with E-state index in [1.165, 1.54) is 68.0 Å². The minimum atomic E-state index is 0.455. The second-order valence-electron chi connectivity index (χ2n) is 10.6. The van der Waals surface area contributed by atoms with Crippen LogP contribution in [-0.2, 0) is 12.8 Å². The molecule has 3 heterocycles. The molecule has 0 amide bonds. The summed E-state index contributed by atoms with van der Waals surface area (Å²) < 4.78 is 0. The van der Waals surface area contributed by atoms with Gasteiger partial charge < -0.3 is 9.80 Å². The number of quaternary nitrogens is 2. The van der Waals surface area contributed by atoms with Crippen LogP contribution in [0, 0.1) is 0 Å². The predicted octanol–water partition coefficient (Wildman–Crippen LogP) is 5.97. The molecule has 0 saturated carbocycles. The van der Waals surface area contributed by atoms with E-state index in [2.05, 4.69) is 72.8 Å². The summed E-state index contributed by atoms with van der Waals surface area (Å²) in [4.78, 5) is 8.88. The molecule has 192 valence electrons. The number of piperazine rings is 1. The molecule has 0 unspecified atom stereocenters. The van der Waals surface area contributed by atoms with Gasteiger partial charge in [0, 0.05) is 53.6 Å². The van der Waals surface area contributed by atoms with Crippen LogP contribution in [-0.4, -0.2) is 26.2 Å². The van der Waals surface area contributed by atoms with Gasteiger partial charge in [-0.15, -0.1) is 0 Å². The predicted molar refractivity (Wildman–Crippen MR) is 158 cm³/mol. The summed E-state index contributed by atoms with van der Waals surface area (Å²) in [6, 6.07) is 31.8. The van der Waals surface area contributed by atoms with Crippen LogP contribution in [0.25, 0.3) is 0 Å². The normalized spacial score (nSPS) is 24.3. The second kappa shape index (κ2) is 10.6. The number of rotatable bonds is 2. The maximum atomic E-state index is 6.45. The van der Waals surface area contributed by atoms with E-state index in [9.17, 15) is 0 Å². The lowest BCUT2D eigenvalue weighted by Gasteiger charge is -2.38. The molecule has 2 nitrogen and oxygen atoms in total. The summed E-state index contributed by atoms with van der Waals surface area (Å²) in [5, 5.41) is 1.67. The molecule has 3 aliphatic rings. The highest BCUT2D eigenvalue weighted by atomic mass is 35.5. The Morgan fingerprint density at radius 3 is 1.39 bits per heavy atom. The van der Waals surface area contributed by atoms with Crippen LogP contribution >= 0.6 is 46.7 Å². The summed E-state index contributed by atoms with van der Waals surface area (Å²) in [7, 11) is 0. The lowest BCUT2D eigenvalue weighted by Crippen LogP contribution is -3.28. The van der Waals surface area contributed by atoms with Crippen LogP contribution in [0.5, 0.6) is 0 Å². The van der Waals surface area contributed by atoms with Gasteiger partial charge in [-0.05, 0) is 59.7 Å². The van der Waals surface area contributed by atoms with Crippen LogP contribution in [0.4, 0.5) is 0 Å². The summed E-state index contributed by atoms with van der Waals surface area (Å²) in [6.45, 7) is 4.68. The highest BCUT2D eigenvalue weighted by Gasteiger charge is 2.38. The monoisotopic (exact) mass is 576 g/mol. The maximum absolute atomic E-state index is 6.45. The van der Waals surface area contributed by atoms with Gasteiger partial charge >= 0.3 is 0 Å². The van der Waals surface area contributed by atoms with E-state index in [-0.39, 0.29) is 0 Å². The van der Waals surface area contributed by atoms with Gasteiger partial charge in [0.15, 0.2) is 0 Å². The van der Waals surface area contributed by atoms with Gasteiger partial charge in [0.25, 0.3) is 0 Å². The van der Waals surface area contributed by atoms with Crippen LogP contribution in [0.15, 0.2) is 105 Å². The number of fused-ring (bicyclic) bond motifs is 4. The largest absolute Gasteiger partial charge is 0.319 e. The Labute approximate surface area is 243 Å². The van der Waals surface area contributed by atoms with Crippen molar-refractivity contribution in [2.45, 2.75) is 44.5 Å². The van der Waals surface area contributed by atoms with E-state index in [1.54, 1.807) is 9.80 Å². The van der Waals surface area contributed by atoms with Crippen molar-refractivity contribution in [2.24, 2.45) is 0 Å². The van der Waals surface area contributed by atoms with Crippen molar-refractivity contribution in [1.82, 2.24) is 0 Å². The second-order valence-corrected chi connectivity index (χ2v) is 13.7. The van der Waals surface area contributed by atoms with E-state index in [0.717, 1.165) is 22.9 Å². The van der Waals surface area contributed by atoms with Crippen molar-refractivity contribution in [3.8, 4) is 0 Å². The number of benzene rings is 4. The highest BCUT2D eigenvalue weighted by Crippen LogP contribution is 2.42. The van der Waals surface area contributed by atoms with Crippen molar-refractivity contribution in [3.63, 3.8) is 0 Å². The van der Waals surface area contributed by atoms with E-state index in [1.807, 2.05) is 35.7 Å². The number of hydrogen-bond donors (Lipinski definition) is 2.